The highest BCUT2D eigenvalue weighted by Crippen LogP contribution is 2.27. The van der Waals surface area contributed by atoms with Gasteiger partial charge in [-0.25, -0.2) is 9.18 Å². The van der Waals surface area contributed by atoms with E-state index in [-0.39, 0.29) is 23.9 Å². The number of ether oxygens (including phenoxy) is 1. The number of aryl methyl sites for hydroxylation is 2. The van der Waals surface area contributed by atoms with Gasteiger partial charge in [0.05, 0.1) is 0 Å². The third-order valence-corrected chi connectivity index (χ3v) is 3.63. The molecule has 0 spiro atoms. The average Bonchev–Trinajstić information content (AvgIpc) is 2.76. The summed E-state index contributed by atoms with van der Waals surface area (Å²) in [4.78, 5) is 26.0. The molecular weight excluding hydrogens is 313 g/mol. The molecule has 0 aliphatic rings. The molecule has 0 atom stereocenters. The molecule has 2 aromatic rings. The number of aromatic nitrogens is 1. The lowest BCUT2D eigenvalue weighted by molar-refractivity contribution is -0.154. The lowest BCUT2D eigenvalue weighted by Crippen LogP contribution is -2.23. The van der Waals surface area contributed by atoms with Crippen LogP contribution in [0.15, 0.2) is 12.1 Å². The van der Waals surface area contributed by atoms with Gasteiger partial charge in [-0.15, -0.1) is 0 Å². The van der Waals surface area contributed by atoms with Crippen molar-refractivity contribution in [3.8, 4) is 0 Å². The second-order valence-electron chi connectivity index (χ2n) is 6.87. The van der Waals surface area contributed by atoms with Crippen LogP contribution in [0.3, 0.4) is 0 Å². The Morgan fingerprint density at radius 2 is 1.96 bits per heavy atom. The Hall–Kier alpha value is -2.37. The Kier molecular flexibility index (Phi) is 4.96. The summed E-state index contributed by atoms with van der Waals surface area (Å²) in [5, 5.41) is 10.0. The monoisotopic (exact) mass is 335 g/mol. The number of hydrogen-bond acceptors (Lipinski definition) is 3. The van der Waals surface area contributed by atoms with Crippen LogP contribution in [0.4, 0.5) is 4.39 Å². The van der Waals surface area contributed by atoms with Crippen LogP contribution in [0.25, 0.3) is 10.9 Å². The summed E-state index contributed by atoms with van der Waals surface area (Å²) >= 11 is 0. The van der Waals surface area contributed by atoms with E-state index in [1.165, 1.54) is 6.07 Å². The predicted molar refractivity (Wildman–Crippen MR) is 88.7 cm³/mol. The maximum absolute atomic E-state index is 13.7. The molecular formula is C18H22FNO4. The second kappa shape index (κ2) is 6.63. The van der Waals surface area contributed by atoms with E-state index in [2.05, 4.69) is 4.98 Å². The zero-order chi connectivity index (χ0) is 18.1. The van der Waals surface area contributed by atoms with Gasteiger partial charge in [0.25, 0.3) is 0 Å². The van der Waals surface area contributed by atoms with E-state index < -0.39 is 11.6 Å². The first-order valence-corrected chi connectivity index (χ1v) is 7.84. The zero-order valence-electron chi connectivity index (χ0n) is 14.3. The summed E-state index contributed by atoms with van der Waals surface area (Å²) < 4.78 is 18.9. The van der Waals surface area contributed by atoms with E-state index >= 15 is 0 Å². The molecule has 130 valence electrons. The standard InChI is InChI=1S/C18H22FNO4/c1-10-8-12-11(6-5-7-15(21)24-18(2,3)4)16(17(22)23)20-14(12)9-13(10)19/h8-9,20H,5-7H2,1-4H3,(H,22,23). The summed E-state index contributed by atoms with van der Waals surface area (Å²) in [5.41, 5.74) is 0.983. The molecule has 6 heteroatoms. The molecule has 2 N–H and O–H groups in total. The molecule has 0 aliphatic heterocycles. The molecule has 0 bridgehead atoms. The predicted octanol–water partition coefficient (Wildman–Crippen LogP) is 3.98. The van der Waals surface area contributed by atoms with E-state index in [1.54, 1.807) is 33.8 Å². The van der Waals surface area contributed by atoms with Crippen molar-refractivity contribution in [2.24, 2.45) is 0 Å². The van der Waals surface area contributed by atoms with Crippen molar-refractivity contribution in [1.29, 1.82) is 0 Å². The topological polar surface area (TPSA) is 79.4 Å². The summed E-state index contributed by atoms with van der Waals surface area (Å²) in [6, 6.07) is 2.94. The van der Waals surface area contributed by atoms with Crippen molar-refractivity contribution in [1.82, 2.24) is 4.98 Å². The van der Waals surface area contributed by atoms with Crippen LogP contribution in [0.1, 0.15) is 55.2 Å². The number of hydrogen-bond donors (Lipinski definition) is 2. The maximum atomic E-state index is 13.7. The van der Waals surface area contributed by atoms with Crippen molar-refractivity contribution in [3.05, 3.63) is 34.8 Å². The number of H-pyrrole nitrogens is 1. The number of carboxylic acid groups (broad SMARTS) is 1. The van der Waals surface area contributed by atoms with Gasteiger partial charge < -0.3 is 14.8 Å². The second-order valence-corrected chi connectivity index (χ2v) is 6.87. The highest BCUT2D eigenvalue weighted by atomic mass is 19.1. The highest BCUT2D eigenvalue weighted by molar-refractivity contribution is 5.97. The molecule has 24 heavy (non-hydrogen) atoms. The number of nitrogens with one attached hydrogen (secondary N) is 1. The van der Waals surface area contributed by atoms with E-state index in [1.807, 2.05) is 0 Å². The third kappa shape index (κ3) is 4.13. The van der Waals surface area contributed by atoms with Crippen molar-refractivity contribution in [3.63, 3.8) is 0 Å². The number of carboxylic acids is 1. The Labute approximate surface area is 139 Å². The lowest BCUT2D eigenvalue weighted by Gasteiger charge is -2.19. The van der Waals surface area contributed by atoms with Gasteiger partial charge in [0.1, 0.15) is 17.1 Å². The minimum atomic E-state index is -1.10. The van der Waals surface area contributed by atoms with Gasteiger partial charge in [0, 0.05) is 17.3 Å². The number of aromatic amines is 1. The van der Waals surface area contributed by atoms with Crippen molar-refractivity contribution in [2.45, 2.75) is 52.6 Å². The van der Waals surface area contributed by atoms with Crippen LogP contribution in [0.5, 0.6) is 0 Å². The largest absolute Gasteiger partial charge is 0.477 e. The van der Waals surface area contributed by atoms with E-state index in [0.29, 0.717) is 34.9 Å². The minimum absolute atomic E-state index is 0.0409. The van der Waals surface area contributed by atoms with Crippen molar-refractivity contribution >= 4 is 22.8 Å². The third-order valence-electron chi connectivity index (χ3n) is 3.63. The molecule has 0 aliphatic carbocycles. The number of carbonyl (C=O) groups is 2. The summed E-state index contributed by atoms with van der Waals surface area (Å²) in [6.07, 6.45) is 1.05. The van der Waals surface area contributed by atoms with Gasteiger partial charge in [0.2, 0.25) is 0 Å². The molecule has 0 saturated carbocycles. The first kappa shape index (κ1) is 18.0. The average molecular weight is 335 g/mol. The smallest absolute Gasteiger partial charge is 0.352 e. The van der Waals surface area contributed by atoms with Gasteiger partial charge >= 0.3 is 11.9 Å². The SMILES string of the molecule is Cc1cc2c(CCCC(=O)OC(C)(C)C)c(C(=O)O)[nH]c2cc1F. The number of fused-ring (bicyclic) bond motifs is 1. The summed E-state index contributed by atoms with van der Waals surface area (Å²) in [6.45, 7) is 7.02. The summed E-state index contributed by atoms with van der Waals surface area (Å²) in [7, 11) is 0. The first-order chi connectivity index (χ1) is 11.1. The fraction of sp³-hybridized carbons (Fsp3) is 0.444. The number of esters is 1. The molecule has 5 nitrogen and oxygen atoms in total. The Balaban J connectivity index is 2.21. The Morgan fingerprint density at radius 3 is 2.54 bits per heavy atom. The van der Waals surface area contributed by atoms with E-state index in [9.17, 15) is 19.1 Å². The normalized spacial score (nSPS) is 11.7. The zero-order valence-corrected chi connectivity index (χ0v) is 14.3. The number of halogens is 1. The summed E-state index contributed by atoms with van der Waals surface area (Å²) in [5.74, 6) is -1.81. The maximum Gasteiger partial charge on any atom is 0.352 e. The van der Waals surface area contributed by atoms with Gasteiger partial charge in [-0.3, -0.25) is 4.79 Å². The van der Waals surface area contributed by atoms with Crippen LogP contribution < -0.4 is 0 Å². The molecule has 1 aromatic carbocycles. The lowest BCUT2D eigenvalue weighted by atomic mass is 10.0. The van der Waals surface area contributed by atoms with Crippen LogP contribution in [-0.2, 0) is 16.0 Å². The van der Waals surface area contributed by atoms with Gasteiger partial charge in [-0.2, -0.15) is 0 Å². The molecule has 0 fully saturated rings. The highest BCUT2D eigenvalue weighted by Gasteiger charge is 2.20. The van der Waals surface area contributed by atoms with Crippen molar-refractivity contribution in [2.75, 3.05) is 0 Å². The van der Waals surface area contributed by atoms with Crippen molar-refractivity contribution < 1.29 is 23.8 Å². The molecule has 0 radical (unpaired) electrons. The number of benzene rings is 1. The number of rotatable bonds is 5. The Morgan fingerprint density at radius 1 is 1.29 bits per heavy atom. The minimum Gasteiger partial charge on any atom is -0.477 e. The molecule has 0 unspecified atom stereocenters. The van der Waals surface area contributed by atoms with Gasteiger partial charge in [-0.05, 0) is 63.8 Å². The van der Waals surface area contributed by atoms with Gasteiger partial charge in [0.15, 0.2) is 0 Å². The molecule has 1 heterocycles. The van der Waals surface area contributed by atoms with Gasteiger partial charge in [-0.1, -0.05) is 0 Å². The van der Waals surface area contributed by atoms with Crippen LogP contribution in [0.2, 0.25) is 0 Å². The van der Waals surface area contributed by atoms with Crippen LogP contribution in [0, 0.1) is 12.7 Å². The van der Waals surface area contributed by atoms with Crippen LogP contribution in [-0.4, -0.2) is 27.6 Å². The first-order valence-electron chi connectivity index (χ1n) is 7.84. The van der Waals surface area contributed by atoms with E-state index in [4.69, 9.17) is 4.74 Å². The van der Waals surface area contributed by atoms with E-state index in [0.717, 1.165) is 0 Å². The quantitative estimate of drug-likeness (QED) is 0.810. The van der Waals surface area contributed by atoms with Crippen LogP contribution >= 0.6 is 0 Å². The molecule has 1 aromatic heterocycles. The Bertz CT molecular complexity index is 786. The molecule has 0 amide bonds. The number of aromatic carboxylic acids is 1. The number of carbonyl (C=O) groups excluding carboxylic acids is 1. The molecule has 0 saturated heterocycles. The fourth-order valence-corrected chi connectivity index (χ4v) is 2.62. The fourth-order valence-electron chi connectivity index (χ4n) is 2.62. The molecule has 2 rings (SSSR count).